The second-order valence-electron chi connectivity index (χ2n) is 4.65. The maximum Gasteiger partial charge on any atom is 0.326 e. The number of likely N-dealkylation sites (tertiary alicyclic amines) is 1. The highest BCUT2D eigenvalue weighted by Crippen LogP contribution is 2.21. The van der Waals surface area contributed by atoms with Crippen molar-refractivity contribution in [3.05, 3.63) is 0 Å². The van der Waals surface area contributed by atoms with Crippen LogP contribution in [0.25, 0.3) is 0 Å². The van der Waals surface area contributed by atoms with Gasteiger partial charge in [-0.25, -0.2) is 4.79 Å². The average molecular weight is 226 g/mol. The molecule has 0 aliphatic carbocycles. The maximum absolute atomic E-state index is 12.0. The van der Waals surface area contributed by atoms with Crippen LogP contribution in [0, 0.1) is 5.92 Å². The first kappa shape index (κ1) is 11.4. The summed E-state index contributed by atoms with van der Waals surface area (Å²) in [4.78, 5) is 24.4. The number of carbonyl (C=O) groups excluding carboxylic acids is 1. The summed E-state index contributed by atoms with van der Waals surface area (Å²) >= 11 is 0. The molecule has 2 fully saturated rings. The lowest BCUT2D eigenvalue weighted by molar-refractivity contribution is -0.148. The van der Waals surface area contributed by atoms with Crippen LogP contribution < -0.4 is 5.32 Å². The summed E-state index contributed by atoms with van der Waals surface area (Å²) in [5.74, 6) is -0.462. The molecule has 90 valence electrons. The Morgan fingerprint density at radius 3 is 2.81 bits per heavy atom. The Morgan fingerprint density at radius 2 is 2.19 bits per heavy atom. The quantitative estimate of drug-likeness (QED) is 0.714. The number of nitrogens with zero attached hydrogens (tertiary/aromatic N) is 1. The van der Waals surface area contributed by atoms with Crippen molar-refractivity contribution in [1.82, 2.24) is 10.2 Å². The highest BCUT2D eigenvalue weighted by Gasteiger charge is 2.34. The number of carboxylic acid groups (broad SMARTS) is 1. The van der Waals surface area contributed by atoms with Crippen molar-refractivity contribution in [3.63, 3.8) is 0 Å². The molecule has 1 amide bonds. The van der Waals surface area contributed by atoms with E-state index in [0.717, 1.165) is 25.9 Å². The number of amides is 1. The van der Waals surface area contributed by atoms with Gasteiger partial charge in [0, 0.05) is 13.0 Å². The Bertz CT molecular complexity index is 287. The average Bonchev–Trinajstić information content (AvgIpc) is 2.86. The highest BCUT2D eigenvalue weighted by molar-refractivity contribution is 5.84. The summed E-state index contributed by atoms with van der Waals surface area (Å²) in [6.07, 6.45) is 2.93. The molecule has 2 aliphatic heterocycles. The standard InChI is InChI=1S/C11H18N2O3/c14-10(6-8-3-4-12-7-8)13-5-1-2-9(13)11(15)16/h8-9,12H,1-7H2,(H,15,16)/t8?,9-/m1/s1. The van der Waals surface area contributed by atoms with Gasteiger partial charge in [0.1, 0.15) is 6.04 Å². The lowest BCUT2D eigenvalue weighted by Crippen LogP contribution is -2.41. The molecule has 2 N–H and O–H groups in total. The van der Waals surface area contributed by atoms with Crippen molar-refractivity contribution in [2.24, 2.45) is 5.92 Å². The smallest absolute Gasteiger partial charge is 0.326 e. The fourth-order valence-corrected chi connectivity index (χ4v) is 2.57. The first-order valence-electron chi connectivity index (χ1n) is 5.91. The molecule has 0 bridgehead atoms. The molecule has 0 aromatic rings. The molecule has 1 unspecified atom stereocenters. The predicted octanol–water partition coefficient (Wildman–Crippen LogP) is 0.0616. The molecule has 0 aromatic carbocycles. The van der Waals surface area contributed by atoms with Gasteiger partial charge in [-0.3, -0.25) is 4.79 Å². The van der Waals surface area contributed by atoms with E-state index in [1.807, 2.05) is 0 Å². The van der Waals surface area contributed by atoms with Crippen LogP contribution in [0.3, 0.4) is 0 Å². The fourth-order valence-electron chi connectivity index (χ4n) is 2.57. The molecule has 2 atom stereocenters. The second kappa shape index (κ2) is 4.82. The summed E-state index contributed by atoms with van der Waals surface area (Å²) in [6.45, 7) is 2.47. The van der Waals surface area contributed by atoms with Gasteiger partial charge in [0.2, 0.25) is 5.91 Å². The van der Waals surface area contributed by atoms with E-state index in [4.69, 9.17) is 5.11 Å². The van der Waals surface area contributed by atoms with Gasteiger partial charge < -0.3 is 15.3 Å². The van der Waals surface area contributed by atoms with Gasteiger partial charge in [0.15, 0.2) is 0 Å². The van der Waals surface area contributed by atoms with Gasteiger partial charge in [-0.15, -0.1) is 0 Å². The molecule has 0 saturated carbocycles. The Morgan fingerprint density at radius 1 is 1.38 bits per heavy atom. The Kier molecular flexibility index (Phi) is 3.43. The van der Waals surface area contributed by atoms with Gasteiger partial charge in [0.05, 0.1) is 0 Å². The third-order valence-electron chi connectivity index (χ3n) is 3.48. The summed E-state index contributed by atoms with van der Waals surface area (Å²) in [6, 6.07) is -0.582. The van der Waals surface area contributed by atoms with Crippen LogP contribution in [0.4, 0.5) is 0 Å². The number of hydrogen-bond donors (Lipinski definition) is 2. The van der Waals surface area contributed by atoms with Crippen LogP contribution in [0.2, 0.25) is 0 Å². The molecule has 2 rings (SSSR count). The van der Waals surface area contributed by atoms with E-state index in [1.165, 1.54) is 0 Å². The fraction of sp³-hybridized carbons (Fsp3) is 0.818. The normalized spacial score (nSPS) is 29.6. The second-order valence-corrected chi connectivity index (χ2v) is 4.65. The van der Waals surface area contributed by atoms with E-state index in [0.29, 0.717) is 25.3 Å². The van der Waals surface area contributed by atoms with E-state index >= 15 is 0 Å². The van der Waals surface area contributed by atoms with E-state index in [1.54, 1.807) is 4.90 Å². The molecule has 5 nitrogen and oxygen atoms in total. The topological polar surface area (TPSA) is 69.6 Å². The number of rotatable bonds is 3. The third-order valence-corrected chi connectivity index (χ3v) is 3.48. The molecule has 5 heteroatoms. The number of hydrogen-bond acceptors (Lipinski definition) is 3. The zero-order chi connectivity index (χ0) is 11.5. The van der Waals surface area contributed by atoms with Crippen molar-refractivity contribution in [1.29, 1.82) is 0 Å². The minimum atomic E-state index is -0.865. The minimum Gasteiger partial charge on any atom is -0.480 e. The van der Waals surface area contributed by atoms with Gasteiger partial charge in [-0.2, -0.15) is 0 Å². The Labute approximate surface area is 94.8 Å². The molecule has 2 heterocycles. The van der Waals surface area contributed by atoms with Crippen molar-refractivity contribution in [2.75, 3.05) is 19.6 Å². The molecule has 2 aliphatic rings. The zero-order valence-corrected chi connectivity index (χ0v) is 9.32. The van der Waals surface area contributed by atoms with Gasteiger partial charge in [0.25, 0.3) is 0 Å². The van der Waals surface area contributed by atoms with Crippen molar-refractivity contribution in [3.8, 4) is 0 Å². The molecule has 0 aromatic heterocycles. The third kappa shape index (κ3) is 2.35. The number of nitrogens with one attached hydrogen (secondary N) is 1. The Hall–Kier alpha value is -1.10. The molecular formula is C11H18N2O3. The number of carboxylic acids is 1. The van der Waals surface area contributed by atoms with Gasteiger partial charge in [-0.1, -0.05) is 0 Å². The summed E-state index contributed by atoms with van der Waals surface area (Å²) in [7, 11) is 0. The van der Waals surface area contributed by atoms with Crippen LogP contribution in [0.15, 0.2) is 0 Å². The summed E-state index contributed by atoms with van der Waals surface area (Å²) in [5, 5.41) is 12.2. The summed E-state index contributed by atoms with van der Waals surface area (Å²) in [5.41, 5.74) is 0. The lowest BCUT2D eigenvalue weighted by Gasteiger charge is -2.22. The molecule has 16 heavy (non-hydrogen) atoms. The summed E-state index contributed by atoms with van der Waals surface area (Å²) < 4.78 is 0. The van der Waals surface area contributed by atoms with E-state index in [9.17, 15) is 9.59 Å². The minimum absolute atomic E-state index is 0.0126. The zero-order valence-electron chi connectivity index (χ0n) is 9.32. The van der Waals surface area contributed by atoms with Crippen LogP contribution in [-0.2, 0) is 9.59 Å². The molecule has 0 spiro atoms. The Balaban J connectivity index is 1.90. The van der Waals surface area contributed by atoms with Gasteiger partial charge >= 0.3 is 5.97 Å². The van der Waals surface area contributed by atoms with Crippen LogP contribution >= 0.6 is 0 Å². The number of carbonyl (C=O) groups is 2. The van der Waals surface area contributed by atoms with Crippen LogP contribution in [0.5, 0.6) is 0 Å². The largest absolute Gasteiger partial charge is 0.480 e. The van der Waals surface area contributed by atoms with Gasteiger partial charge in [-0.05, 0) is 38.3 Å². The first-order chi connectivity index (χ1) is 7.68. The maximum atomic E-state index is 12.0. The van der Waals surface area contributed by atoms with Crippen molar-refractivity contribution in [2.45, 2.75) is 31.7 Å². The first-order valence-corrected chi connectivity index (χ1v) is 5.91. The monoisotopic (exact) mass is 226 g/mol. The highest BCUT2D eigenvalue weighted by atomic mass is 16.4. The van der Waals surface area contributed by atoms with E-state index < -0.39 is 12.0 Å². The van der Waals surface area contributed by atoms with Crippen molar-refractivity contribution < 1.29 is 14.7 Å². The SMILES string of the molecule is O=C(O)[C@H]1CCCN1C(=O)CC1CCNC1. The van der Waals surface area contributed by atoms with Crippen molar-refractivity contribution >= 4 is 11.9 Å². The molecule has 2 saturated heterocycles. The molecular weight excluding hydrogens is 208 g/mol. The van der Waals surface area contributed by atoms with Crippen LogP contribution in [0.1, 0.15) is 25.7 Å². The van der Waals surface area contributed by atoms with E-state index in [2.05, 4.69) is 5.32 Å². The van der Waals surface area contributed by atoms with E-state index in [-0.39, 0.29) is 5.91 Å². The van der Waals surface area contributed by atoms with Crippen LogP contribution in [-0.4, -0.2) is 47.6 Å². The lowest BCUT2D eigenvalue weighted by atomic mass is 10.0. The predicted molar refractivity (Wildman–Crippen MR) is 58.0 cm³/mol. The number of aliphatic carboxylic acids is 1. The molecule has 0 radical (unpaired) electrons.